The van der Waals surface area contributed by atoms with Gasteiger partial charge in [0.2, 0.25) is 0 Å². The minimum Gasteiger partial charge on any atom is -0.383 e. The molecule has 19 heavy (non-hydrogen) atoms. The standard InChI is InChI=1S/C14H14N2O2S/c1-7-5-12(19-8(7)2)13(17)9-3-4-10-11(6-9)16-14(18)15-10/h3-6,13,17H,1-2H3,(H2,15,16,18). The van der Waals surface area contributed by atoms with E-state index < -0.39 is 6.10 Å². The van der Waals surface area contributed by atoms with E-state index >= 15 is 0 Å². The van der Waals surface area contributed by atoms with Gasteiger partial charge in [0.05, 0.1) is 11.0 Å². The van der Waals surface area contributed by atoms with E-state index in [0.717, 1.165) is 16.0 Å². The van der Waals surface area contributed by atoms with Gasteiger partial charge in [0.15, 0.2) is 0 Å². The maximum absolute atomic E-state index is 11.2. The summed E-state index contributed by atoms with van der Waals surface area (Å²) in [4.78, 5) is 18.7. The van der Waals surface area contributed by atoms with Crippen molar-refractivity contribution in [2.45, 2.75) is 20.0 Å². The predicted molar refractivity (Wildman–Crippen MR) is 76.8 cm³/mol. The maximum Gasteiger partial charge on any atom is 0.323 e. The Morgan fingerprint density at radius 1 is 1.16 bits per heavy atom. The molecule has 4 nitrogen and oxygen atoms in total. The number of aryl methyl sites for hydroxylation is 2. The number of aliphatic hydroxyl groups excluding tert-OH is 1. The van der Waals surface area contributed by atoms with Crippen molar-refractivity contribution >= 4 is 22.4 Å². The molecule has 0 amide bonds. The van der Waals surface area contributed by atoms with Gasteiger partial charge in [-0.1, -0.05) is 6.07 Å². The smallest absolute Gasteiger partial charge is 0.323 e. The second-order valence-electron chi connectivity index (χ2n) is 4.67. The van der Waals surface area contributed by atoms with Crippen molar-refractivity contribution in [3.63, 3.8) is 0 Å². The Balaban J connectivity index is 2.05. The Morgan fingerprint density at radius 2 is 1.89 bits per heavy atom. The van der Waals surface area contributed by atoms with E-state index in [-0.39, 0.29) is 5.69 Å². The fourth-order valence-corrected chi connectivity index (χ4v) is 3.18. The van der Waals surface area contributed by atoms with Crippen LogP contribution in [0.2, 0.25) is 0 Å². The number of aromatic amines is 2. The molecule has 0 saturated heterocycles. The van der Waals surface area contributed by atoms with Gasteiger partial charge in [-0.2, -0.15) is 0 Å². The van der Waals surface area contributed by atoms with E-state index in [0.29, 0.717) is 5.52 Å². The van der Waals surface area contributed by atoms with Gasteiger partial charge in [-0.3, -0.25) is 0 Å². The molecule has 3 rings (SSSR count). The lowest BCUT2D eigenvalue weighted by atomic mass is 10.1. The van der Waals surface area contributed by atoms with Crippen molar-refractivity contribution in [3.8, 4) is 0 Å². The third kappa shape index (κ3) is 2.11. The monoisotopic (exact) mass is 274 g/mol. The molecule has 1 atom stereocenters. The highest BCUT2D eigenvalue weighted by Gasteiger charge is 2.14. The second kappa shape index (κ2) is 4.36. The molecule has 0 radical (unpaired) electrons. The van der Waals surface area contributed by atoms with Crippen molar-refractivity contribution in [1.82, 2.24) is 9.97 Å². The Labute approximate surface area is 113 Å². The van der Waals surface area contributed by atoms with Crippen LogP contribution in [0.1, 0.15) is 27.0 Å². The Morgan fingerprint density at radius 3 is 2.58 bits per heavy atom. The molecule has 0 aliphatic rings. The van der Waals surface area contributed by atoms with Crippen LogP contribution in [0.5, 0.6) is 0 Å². The molecule has 0 saturated carbocycles. The maximum atomic E-state index is 11.2. The summed E-state index contributed by atoms with van der Waals surface area (Å²) in [5.41, 5.74) is 3.20. The fraction of sp³-hybridized carbons (Fsp3) is 0.214. The number of nitrogens with one attached hydrogen (secondary N) is 2. The molecule has 3 aromatic rings. The summed E-state index contributed by atoms with van der Waals surface area (Å²) >= 11 is 1.60. The lowest BCUT2D eigenvalue weighted by Gasteiger charge is -2.08. The van der Waals surface area contributed by atoms with Gasteiger partial charge in [-0.25, -0.2) is 4.79 Å². The van der Waals surface area contributed by atoms with E-state index in [2.05, 4.69) is 9.97 Å². The van der Waals surface area contributed by atoms with Crippen LogP contribution in [0, 0.1) is 13.8 Å². The molecule has 0 fully saturated rings. The van der Waals surface area contributed by atoms with Crippen molar-refractivity contribution in [2.24, 2.45) is 0 Å². The first-order valence-corrected chi connectivity index (χ1v) is 6.83. The molecule has 0 bridgehead atoms. The molecule has 2 aromatic heterocycles. The molecule has 0 aliphatic heterocycles. The first-order valence-electron chi connectivity index (χ1n) is 6.01. The van der Waals surface area contributed by atoms with E-state index in [1.54, 1.807) is 17.4 Å². The summed E-state index contributed by atoms with van der Waals surface area (Å²) in [6.07, 6.45) is -0.653. The van der Waals surface area contributed by atoms with Crippen molar-refractivity contribution < 1.29 is 5.11 Å². The molecule has 0 aliphatic carbocycles. The van der Waals surface area contributed by atoms with Gasteiger partial charge in [-0.05, 0) is 43.2 Å². The van der Waals surface area contributed by atoms with E-state index in [9.17, 15) is 9.90 Å². The topological polar surface area (TPSA) is 68.9 Å². The van der Waals surface area contributed by atoms with E-state index in [1.807, 2.05) is 32.0 Å². The lowest BCUT2D eigenvalue weighted by Crippen LogP contribution is -1.99. The summed E-state index contributed by atoms with van der Waals surface area (Å²) in [5.74, 6) is 0. The zero-order valence-electron chi connectivity index (χ0n) is 10.7. The number of hydrogen-bond donors (Lipinski definition) is 3. The van der Waals surface area contributed by atoms with Crippen LogP contribution in [0.3, 0.4) is 0 Å². The van der Waals surface area contributed by atoms with Crippen molar-refractivity contribution in [2.75, 3.05) is 0 Å². The lowest BCUT2D eigenvalue weighted by molar-refractivity contribution is 0.224. The number of fused-ring (bicyclic) bond motifs is 1. The fourth-order valence-electron chi connectivity index (χ4n) is 2.12. The average Bonchev–Trinajstić information content (AvgIpc) is 2.90. The SMILES string of the molecule is Cc1cc(C(O)c2ccc3[nH]c(=O)[nH]c3c2)sc1C. The molecule has 1 unspecified atom stereocenters. The summed E-state index contributed by atoms with van der Waals surface area (Å²) in [6, 6.07) is 7.46. The number of rotatable bonds is 2. The van der Waals surface area contributed by atoms with Crippen LogP contribution in [0.25, 0.3) is 11.0 Å². The highest BCUT2D eigenvalue weighted by molar-refractivity contribution is 7.12. The van der Waals surface area contributed by atoms with E-state index in [1.165, 1.54) is 10.4 Å². The van der Waals surface area contributed by atoms with Crippen LogP contribution in [0.15, 0.2) is 29.1 Å². The zero-order chi connectivity index (χ0) is 13.6. The molecule has 0 spiro atoms. The first-order chi connectivity index (χ1) is 9.04. The highest BCUT2D eigenvalue weighted by atomic mass is 32.1. The van der Waals surface area contributed by atoms with Crippen LogP contribution in [0.4, 0.5) is 0 Å². The molecule has 2 heterocycles. The summed E-state index contributed by atoms with van der Waals surface area (Å²) in [7, 11) is 0. The van der Waals surface area contributed by atoms with Crippen LogP contribution < -0.4 is 5.69 Å². The third-order valence-corrected chi connectivity index (χ3v) is 4.52. The first kappa shape index (κ1) is 12.2. The van der Waals surface area contributed by atoms with Crippen LogP contribution in [-0.2, 0) is 0 Å². The second-order valence-corrected chi connectivity index (χ2v) is 5.96. The van der Waals surface area contributed by atoms with Gasteiger partial charge >= 0.3 is 5.69 Å². The molecular weight excluding hydrogens is 260 g/mol. The number of aliphatic hydroxyl groups is 1. The summed E-state index contributed by atoms with van der Waals surface area (Å²) in [5, 5.41) is 10.4. The molecule has 3 N–H and O–H groups in total. The van der Waals surface area contributed by atoms with Crippen LogP contribution in [-0.4, -0.2) is 15.1 Å². The number of H-pyrrole nitrogens is 2. The van der Waals surface area contributed by atoms with Crippen molar-refractivity contribution in [1.29, 1.82) is 0 Å². The Bertz CT molecular complexity index is 778. The van der Waals surface area contributed by atoms with Gasteiger partial charge in [-0.15, -0.1) is 11.3 Å². The number of benzene rings is 1. The Hall–Kier alpha value is -1.85. The molecular formula is C14H14N2O2S. The highest BCUT2D eigenvalue weighted by Crippen LogP contribution is 2.31. The number of imidazole rings is 1. The summed E-state index contributed by atoms with van der Waals surface area (Å²) < 4.78 is 0. The summed E-state index contributed by atoms with van der Waals surface area (Å²) in [6.45, 7) is 4.08. The minimum atomic E-state index is -0.653. The van der Waals surface area contributed by atoms with E-state index in [4.69, 9.17) is 0 Å². The van der Waals surface area contributed by atoms with Gasteiger partial charge < -0.3 is 15.1 Å². The Kier molecular flexibility index (Phi) is 2.80. The number of hydrogen-bond acceptors (Lipinski definition) is 3. The zero-order valence-corrected chi connectivity index (χ0v) is 11.5. The molecule has 98 valence electrons. The molecule has 1 aromatic carbocycles. The third-order valence-electron chi connectivity index (χ3n) is 3.31. The van der Waals surface area contributed by atoms with Crippen molar-refractivity contribution in [3.05, 3.63) is 55.6 Å². The number of aromatic nitrogens is 2. The quantitative estimate of drug-likeness (QED) is 0.672. The van der Waals surface area contributed by atoms with Crippen LogP contribution >= 0.6 is 11.3 Å². The molecule has 5 heteroatoms. The predicted octanol–water partition coefficient (Wildman–Crippen LogP) is 2.62. The normalized spacial score (nSPS) is 13.0. The average molecular weight is 274 g/mol. The van der Waals surface area contributed by atoms with Gasteiger partial charge in [0, 0.05) is 9.75 Å². The largest absolute Gasteiger partial charge is 0.383 e. The number of thiophene rings is 1. The van der Waals surface area contributed by atoms with Gasteiger partial charge in [0.1, 0.15) is 6.10 Å². The minimum absolute atomic E-state index is 0.232. The van der Waals surface area contributed by atoms with Gasteiger partial charge in [0.25, 0.3) is 0 Å².